The number of halogens is 15. The van der Waals surface area contributed by atoms with E-state index in [-0.39, 0.29) is 0 Å². The summed E-state index contributed by atoms with van der Waals surface area (Å²) >= 11 is 15.0. The molecule has 1 radical (unpaired) electrons. The van der Waals surface area contributed by atoms with Gasteiger partial charge < -0.3 is 0 Å². The normalized spacial score (nSPS) is 11.6. The summed E-state index contributed by atoms with van der Waals surface area (Å²) in [4.78, 5) is 0. The van der Waals surface area contributed by atoms with Gasteiger partial charge in [0, 0.05) is 16.7 Å². The van der Waals surface area contributed by atoms with Crippen molar-refractivity contribution in [2.45, 2.75) is 0 Å². The zero-order valence-electron chi connectivity index (χ0n) is 15.2. The van der Waals surface area contributed by atoms with Gasteiger partial charge in [0.05, 0.1) is 5.92 Å². The van der Waals surface area contributed by atoms with Crippen molar-refractivity contribution in [3.05, 3.63) is 107 Å². The van der Waals surface area contributed by atoms with Crippen LogP contribution >= 0.6 is 34.8 Å². The van der Waals surface area contributed by atoms with E-state index < -0.39 is 107 Å². The Kier molecular flexibility index (Phi) is 7.00. The molecular formula is C19Cl3F12. The third-order valence-electron chi connectivity index (χ3n) is 4.38. The first kappa shape index (κ1) is 26.3. The Morgan fingerprint density at radius 1 is 0.294 bits per heavy atom. The summed E-state index contributed by atoms with van der Waals surface area (Å²) in [5.41, 5.74) is -7.34. The van der Waals surface area contributed by atoms with E-state index in [0.29, 0.717) is 0 Å². The SMILES string of the molecule is Fc1c(F)c([C](c2c(F)c(F)c(Cl)c(F)c2F)c2c(F)c(F)c(Cl)c(F)c2F)c(F)c(F)c1Cl. The van der Waals surface area contributed by atoms with Gasteiger partial charge in [0.15, 0.2) is 69.8 Å². The lowest BCUT2D eigenvalue weighted by atomic mass is 9.82. The first-order chi connectivity index (χ1) is 15.7. The van der Waals surface area contributed by atoms with E-state index >= 15 is 0 Å². The zero-order chi connectivity index (χ0) is 26.0. The van der Waals surface area contributed by atoms with Gasteiger partial charge in [0.1, 0.15) is 15.1 Å². The van der Waals surface area contributed by atoms with Crippen molar-refractivity contribution in [2.75, 3.05) is 0 Å². The fraction of sp³-hybridized carbons (Fsp3) is 0. The van der Waals surface area contributed by atoms with Crippen molar-refractivity contribution >= 4 is 34.8 Å². The van der Waals surface area contributed by atoms with Crippen molar-refractivity contribution in [2.24, 2.45) is 0 Å². The zero-order valence-corrected chi connectivity index (χ0v) is 17.4. The van der Waals surface area contributed by atoms with Crippen LogP contribution in [-0.2, 0) is 0 Å². The predicted octanol–water partition coefficient (Wildman–Crippen LogP) is 8.34. The van der Waals surface area contributed by atoms with E-state index in [2.05, 4.69) is 0 Å². The third-order valence-corrected chi connectivity index (χ3v) is 5.37. The number of rotatable bonds is 3. The van der Waals surface area contributed by atoms with Crippen LogP contribution in [0.4, 0.5) is 52.7 Å². The molecule has 0 spiro atoms. The molecule has 0 aromatic heterocycles. The Morgan fingerprint density at radius 3 is 0.588 bits per heavy atom. The van der Waals surface area contributed by atoms with E-state index in [0.717, 1.165) is 0 Å². The maximum atomic E-state index is 14.6. The smallest absolute Gasteiger partial charge is 0.180 e. The predicted molar refractivity (Wildman–Crippen MR) is 94.4 cm³/mol. The van der Waals surface area contributed by atoms with Crippen molar-refractivity contribution < 1.29 is 52.7 Å². The molecule has 0 atom stereocenters. The highest BCUT2D eigenvalue weighted by atomic mass is 35.5. The molecule has 0 amide bonds. The fourth-order valence-electron chi connectivity index (χ4n) is 2.85. The molecule has 3 aromatic carbocycles. The average Bonchev–Trinajstić information content (AvgIpc) is 2.81. The fourth-order valence-corrected chi connectivity index (χ4v) is 3.35. The van der Waals surface area contributed by atoms with Gasteiger partial charge in [-0.3, -0.25) is 0 Å². The van der Waals surface area contributed by atoms with Gasteiger partial charge in [0.25, 0.3) is 0 Å². The highest BCUT2D eigenvalue weighted by Gasteiger charge is 2.42. The molecule has 0 unspecified atom stereocenters. The minimum atomic E-state index is -2.72. The molecule has 15 heteroatoms. The van der Waals surface area contributed by atoms with Crippen LogP contribution in [0.5, 0.6) is 0 Å². The van der Waals surface area contributed by atoms with Crippen LogP contribution in [0.15, 0.2) is 0 Å². The van der Waals surface area contributed by atoms with Crippen LogP contribution in [0.2, 0.25) is 15.1 Å². The highest BCUT2D eigenvalue weighted by Crippen LogP contribution is 2.45. The lowest BCUT2D eigenvalue weighted by Crippen LogP contribution is -2.21. The third kappa shape index (κ3) is 3.66. The van der Waals surface area contributed by atoms with E-state index in [1.54, 1.807) is 0 Å². The van der Waals surface area contributed by atoms with Crippen LogP contribution < -0.4 is 0 Å². The Balaban J connectivity index is 2.68. The summed E-state index contributed by atoms with van der Waals surface area (Å²) in [5, 5.41) is -5.70. The molecular weight excluding hydrogens is 563 g/mol. The number of hydrogen-bond donors (Lipinski definition) is 0. The Hall–Kier alpha value is -2.31. The Morgan fingerprint density at radius 2 is 0.441 bits per heavy atom. The minimum absolute atomic E-state index is 1.90. The lowest BCUT2D eigenvalue weighted by molar-refractivity contribution is 0.422. The molecule has 3 aromatic rings. The molecule has 3 rings (SSSR count). The molecule has 0 heterocycles. The van der Waals surface area contributed by atoms with Crippen LogP contribution in [-0.4, -0.2) is 0 Å². The second kappa shape index (κ2) is 9.04. The minimum Gasteiger partial charge on any atom is -0.203 e. The monoisotopic (exact) mass is 561 g/mol. The first-order valence-corrected chi connectivity index (χ1v) is 9.22. The van der Waals surface area contributed by atoms with E-state index in [4.69, 9.17) is 34.8 Å². The largest absolute Gasteiger partial charge is 0.203 e. The first-order valence-electron chi connectivity index (χ1n) is 8.08. The Bertz CT molecular complexity index is 1120. The van der Waals surface area contributed by atoms with Crippen LogP contribution in [0.25, 0.3) is 0 Å². The number of benzene rings is 3. The summed E-state index contributed by atoms with van der Waals surface area (Å²) in [7, 11) is 0. The van der Waals surface area contributed by atoms with Gasteiger partial charge in [-0.2, -0.15) is 0 Å². The quantitative estimate of drug-likeness (QED) is 0.130. The van der Waals surface area contributed by atoms with E-state index in [9.17, 15) is 52.7 Å². The summed E-state index contributed by atoms with van der Waals surface area (Å²) in [6.45, 7) is 0. The molecule has 0 fully saturated rings. The molecule has 34 heavy (non-hydrogen) atoms. The van der Waals surface area contributed by atoms with Crippen molar-refractivity contribution in [3.8, 4) is 0 Å². The summed E-state index contributed by atoms with van der Waals surface area (Å²) < 4.78 is 172. The molecule has 0 aliphatic heterocycles. The molecule has 0 aliphatic carbocycles. The number of hydrogen-bond acceptors (Lipinski definition) is 0. The summed E-state index contributed by atoms with van der Waals surface area (Å²) in [6, 6.07) is 0. The van der Waals surface area contributed by atoms with Gasteiger partial charge in [0.2, 0.25) is 0 Å². The standard InChI is InChI=1S/C19Cl3F12/c20-5-14(29)8(23)2(9(24)15(5)30)1(3-10(25)16(31)6(21)17(32)11(3)26)4-12(27)18(33)7(22)19(34)13(4)28. The molecule has 0 saturated carbocycles. The van der Waals surface area contributed by atoms with Crippen LogP contribution in [0.3, 0.4) is 0 Å². The van der Waals surface area contributed by atoms with Crippen molar-refractivity contribution in [3.63, 3.8) is 0 Å². The van der Waals surface area contributed by atoms with Gasteiger partial charge in [-0.15, -0.1) is 0 Å². The molecule has 0 bridgehead atoms. The second-order valence-corrected chi connectivity index (χ2v) is 7.34. The molecule has 181 valence electrons. The maximum Gasteiger partial charge on any atom is 0.180 e. The van der Waals surface area contributed by atoms with Gasteiger partial charge in [-0.05, 0) is 0 Å². The molecule has 0 N–H and O–H groups in total. The van der Waals surface area contributed by atoms with E-state index in [1.807, 2.05) is 0 Å². The molecule has 0 nitrogen and oxygen atoms in total. The second-order valence-electron chi connectivity index (χ2n) is 6.21. The van der Waals surface area contributed by atoms with Gasteiger partial charge in [-0.1, -0.05) is 34.8 Å². The van der Waals surface area contributed by atoms with Gasteiger partial charge >= 0.3 is 0 Å². The average molecular weight is 563 g/mol. The molecule has 0 saturated heterocycles. The van der Waals surface area contributed by atoms with Crippen molar-refractivity contribution in [1.82, 2.24) is 0 Å². The maximum absolute atomic E-state index is 14.6. The van der Waals surface area contributed by atoms with Gasteiger partial charge in [-0.25, -0.2) is 52.7 Å². The van der Waals surface area contributed by atoms with Crippen LogP contribution in [0.1, 0.15) is 16.7 Å². The summed E-state index contributed by atoms with van der Waals surface area (Å²) in [6.07, 6.45) is 0. The lowest BCUT2D eigenvalue weighted by Gasteiger charge is -2.23. The summed E-state index contributed by atoms with van der Waals surface area (Å²) in [5.74, 6) is -33.8. The van der Waals surface area contributed by atoms with E-state index in [1.165, 1.54) is 0 Å². The topological polar surface area (TPSA) is 0 Å². The molecule has 0 aliphatic rings. The highest BCUT2D eigenvalue weighted by molar-refractivity contribution is 6.31. The van der Waals surface area contributed by atoms with Crippen LogP contribution in [0, 0.1) is 75.7 Å². The Labute approximate surface area is 195 Å². The van der Waals surface area contributed by atoms with Crippen molar-refractivity contribution in [1.29, 1.82) is 0 Å².